The zero-order valence-electron chi connectivity index (χ0n) is 13.8. The minimum absolute atomic E-state index is 0.522. The minimum atomic E-state index is 0.522. The van der Waals surface area contributed by atoms with Crippen molar-refractivity contribution in [2.75, 3.05) is 23.8 Å². The molecule has 0 bridgehead atoms. The molecular formula is C18H17N7. The Morgan fingerprint density at radius 1 is 1.16 bits per heavy atom. The highest BCUT2D eigenvalue weighted by molar-refractivity contribution is 5.64. The van der Waals surface area contributed by atoms with Gasteiger partial charge in [-0.05, 0) is 36.2 Å². The third-order valence-corrected chi connectivity index (χ3v) is 3.68. The lowest BCUT2D eigenvalue weighted by Crippen LogP contribution is -2.23. The number of hydrogen-bond acceptors (Lipinski definition) is 7. The molecule has 0 aliphatic carbocycles. The van der Waals surface area contributed by atoms with E-state index in [1.54, 1.807) is 18.5 Å². The minimum Gasteiger partial charge on any atom is -0.342 e. The molecule has 0 aliphatic heterocycles. The highest BCUT2D eigenvalue weighted by Gasteiger charge is 2.08. The molecule has 0 aliphatic rings. The summed E-state index contributed by atoms with van der Waals surface area (Å²) in [5.74, 6) is 1.07. The van der Waals surface area contributed by atoms with Gasteiger partial charge in [0.1, 0.15) is 6.07 Å². The molecule has 3 aromatic rings. The number of benzene rings is 1. The van der Waals surface area contributed by atoms with E-state index < -0.39 is 0 Å². The van der Waals surface area contributed by atoms with E-state index in [4.69, 9.17) is 5.26 Å². The Labute approximate surface area is 146 Å². The molecule has 1 N–H and O–H groups in total. The largest absolute Gasteiger partial charge is 0.342 e. The molecule has 0 unspecified atom stereocenters. The number of aromatic nitrogens is 4. The Balaban J connectivity index is 1.69. The van der Waals surface area contributed by atoms with Crippen LogP contribution in [0.3, 0.4) is 0 Å². The van der Waals surface area contributed by atoms with Gasteiger partial charge in [0, 0.05) is 26.0 Å². The predicted molar refractivity (Wildman–Crippen MR) is 95.5 cm³/mol. The first-order valence-corrected chi connectivity index (χ1v) is 7.82. The molecule has 0 saturated heterocycles. The number of para-hydroxylation sites is 1. The summed E-state index contributed by atoms with van der Waals surface area (Å²) < 4.78 is 0. The molecular weight excluding hydrogens is 314 g/mol. The van der Waals surface area contributed by atoms with Gasteiger partial charge in [-0.3, -0.25) is 4.98 Å². The lowest BCUT2D eigenvalue weighted by Gasteiger charge is -2.17. The zero-order chi connectivity index (χ0) is 17.5. The van der Waals surface area contributed by atoms with E-state index in [-0.39, 0.29) is 0 Å². The fourth-order valence-corrected chi connectivity index (χ4v) is 2.29. The number of anilines is 3. The van der Waals surface area contributed by atoms with Crippen molar-refractivity contribution in [1.29, 1.82) is 5.26 Å². The molecule has 7 nitrogen and oxygen atoms in total. The lowest BCUT2D eigenvalue weighted by molar-refractivity contribution is 0.812. The normalized spacial score (nSPS) is 10.1. The van der Waals surface area contributed by atoms with Crippen LogP contribution in [0, 0.1) is 11.3 Å². The highest BCUT2D eigenvalue weighted by Crippen LogP contribution is 2.19. The molecule has 0 spiro atoms. The van der Waals surface area contributed by atoms with Crippen LogP contribution in [0.5, 0.6) is 0 Å². The first kappa shape index (κ1) is 16.3. The molecule has 0 amide bonds. The summed E-state index contributed by atoms with van der Waals surface area (Å²) in [4.78, 5) is 10.4. The second-order valence-corrected chi connectivity index (χ2v) is 5.45. The van der Waals surface area contributed by atoms with E-state index >= 15 is 0 Å². The molecule has 0 atom stereocenters. The molecule has 2 heterocycles. The van der Waals surface area contributed by atoms with Crippen LogP contribution < -0.4 is 10.2 Å². The Bertz CT molecular complexity index is 874. The quantitative estimate of drug-likeness (QED) is 0.742. The van der Waals surface area contributed by atoms with Crippen LogP contribution in [0.25, 0.3) is 0 Å². The molecule has 0 radical (unpaired) electrons. The maximum atomic E-state index is 9.17. The van der Waals surface area contributed by atoms with Gasteiger partial charge in [-0.25, -0.2) is 0 Å². The molecule has 0 saturated carbocycles. The number of rotatable bonds is 6. The van der Waals surface area contributed by atoms with Crippen LogP contribution in [-0.2, 0) is 6.42 Å². The van der Waals surface area contributed by atoms with Gasteiger partial charge in [0.2, 0.25) is 5.95 Å². The SMILES string of the molecule is CN(CCc1ccncc1)c1nncc(Nc2ccccc2C#N)n1. The van der Waals surface area contributed by atoms with Crippen LogP contribution in [0.2, 0.25) is 0 Å². The van der Waals surface area contributed by atoms with E-state index in [0.29, 0.717) is 23.0 Å². The third-order valence-electron chi connectivity index (χ3n) is 3.68. The van der Waals surface area contributed by atoms with Crippen LogP contribution in [-0.4, -0.2) is 33.8 Å². The van der Waals surface area contributed by atoms with E-state index in [1.165, 1.54) is 11.8 Å². The van der Waals surface area contributed by atoms with Gasteiger partial charge in [-0.2, -0.15) is 15.3 Å². The number of pyridine rings is 1. The molecule has 25 heavy (non-hydrogen) atoms. The van der Waals surface area contributed by atoms with E-state index in [0.717, 1.165) is 13.0 Å². The van der Waals surface area contributed by atoms with Crippen molar-refractivity contribution in [3.05, 3.63) is 66.1 Å². The van der Waals surface area contributed by atoms with Crippen molar-refractivity contribution in [3.8, 4) is 6.07 Å². The van der Waals surface area contributed by atoms with Gasteiger partial charge in [0.25, 0.3) is 0 Å². The number of nitrogens with one attached hydrogen (secondary N) is 1. The number of hydrogen-bond donors (Lipinski definition) is 1. The summed E-state index contributed by atoms with van der Waals surface area (Å²) >= 11 is 0. The van der Waals surface area contributed by atoms with Crippen LogP contribution in [0.1, 0.15) is 11.1 Å². The topological polar surface area (TPSA) is 90.6 Å². The van der Waals surface area contributed by atoms with Crippen molar-refractivity contribution in [2.45, 2.75) is 6.42 Å². The Kier molecular flexibility index (Phi) is 5.12. The molecule has 2 aromatic heterocycles. The van der Waals surface area contributed by atoms with Crippen molar-refractivity contribution in [1.82, 2.24) is 20.2 Å². The van der Waals surface area contributed by atoms with Gasteiger partial charge in [-0.15, -0.1) is 5.10 Å². The number of nitriles is 1. The molecule has 124 valence electrons. The van der Waals surface area contributed by atoms with Crippen molar-refractivity contribution < 1.29 is 0 Å². The fourth-order valence-electron chi connectivity index (χ4n) is 2.29. The molecule has 7 heteroatoms. The fraction of sp³-hybridized carbons (Fsp3) is 0.167. The summed E-state index contributed by atoms with van der Waals surface area (Å²) in [7, 11) is 1.92. The molecule has 3 rings (SSSR count). The zero-order valence-corrected chi connectivity index (χ0v) is 13.8. The molecule has 0 fully saturated rings. The van der Waals surface area contributed by atoms with Crippen LogP contribution >= 0.6 is 0 Å². The standard InChI is InChI=1S/C18H17N7/c1-25(11-8-14-6-9-20-10-7-14)18-23-17(13-21-24-18)22-16-5-3-2-4-15(16)12-19/h2-7,9-10,13H,8,11H2,1H3,(H,22,23,24). The predicted octanol–water partition coefficient (Wildman–Crippen LogP) is 2.56. The monoisotopic (exact) mass is 331 g/mol. The van der Waals surface area contributed by atoms with E-state index in [2.05, 4.69) is 31.6 Å². The summed E-state index contributed by atoms with van der Waals surface area (Å²) in [5.41, 5.74) is 2.44. The average molecular weight is 331 g/mol. The van der Waals surface area contributed by atoms with E-state index in [9.17, 15) is 0 Å². The van der Waals surface area contributed by atoms with Gasteiger partial charge in [0.15, 0.2) is 5.82 Å². The first-order valence-electron chi connectivity index (χ1n) is 7.82. The van der Waals surface area contributed by atoms with E-state index in [1.807, 2.05) is 42.3 Å². The number of likely N-dealkylation sites (N-methyl/N-ethyl adjacent to an activating group) is 1. The summed E-state index contributed by atoms with van der Waals surface area (Å²) in [5, 5.41) is 20.4. The third kappa shape index (κ3) is 4.26. The van der Waals surface area contributed by atoms with Gasteiger partial charge in [-0.1, -0.05) is 12.1 Å². The van der Waals surface area contributed by atoms with Gasteiger partial charge >= 0.3 is 0 Å². The second kappa shape index (κ2) is 7.84. The van der Waals surface area contributed by atoms with Crippen LogP contribution in [0.4, 0.5) is 17.5 Å². The second-order valence-electron chi connectivity index (χ2n) is 5.45. The smallest absolute Gasteiger partial charge is 0.247 e. The Morgan fingerprint density at radius 3 is 2.76 bits per heavy atom. The maximum absolute atomic E-state index is 9.17. The highest BCUT2D eigenvalue weighted by atomic mass is 15.3. The summed E-state index contributed by atoms with van der Waals surface area (Å²) in [6, 6.07) is 13.4. The Hall–Kier alpha value is -3.53. The summed E-state index contributed by atoms with van der Waals surface area (Å²) in [6.45, 7) is 0.754. The van der Waals surface area contributed by atoms with Gasteiger partial charge in [0.05, 0.1) is 17.4 Å². The van der Waals surface area contributed by atoms with Crippen LogP contribution in [0.15, 0.2) is 55.0 Å². The Morgan fingerprint density at radius 2 is 1.96 bits per heavy atom. The van der Waals surface area contributed by atoms with Gasteiger partial charge < -0.3 is 10.2 Å². The number of nitrogens with zero attached hydrogens (tertiary/aromatic N) is 6. The molecule has 1 aromatic carbocycles. The maximum Gasteiger partial charge on any atom is 0.247 e. The summed E-state index contributed by atoms with van der Waals surface area (Å²) in [6.07, 6.45) is 5.96. The average Bonchev–Trinajstić information content (AvgIpc) is 2.67. The lowest BCUT2D eigenvalue weighted by atomic mass is 10.2. The first-order chi connectivity index (χ1) is 12.3. The van der Waals surface area contributed by atoms with Crippen molar-refractivity contribution in [2.24, 2.45) is 0 Å². The van der Waals surface area contributed by atoms with Crippen molar-refractivity contribution in [3.63, 3.8) is 0 Å². The van der Waals surface area contributed by atoms with Crippen molar-refractivity contribution >= 4 is 17.5 Å².